The van der Waals surface area contributed by atoms with Gasteiger partial charge in [0.15, 0.2) is 0 Å². The second kappa shape index (κ2) is 5.55. The molecule has 0 saturated heterocycles. The minimum Gasteiger partial charge on any atom is -0.506 e. The molecule has 2 rings (SSSR count). The van der Waals surface area contributed by atoms with E-state index in [-0.39, 0.29) is 21.9 Å². The van der Waals surface area contributed by atoms with Gasteiger partial charge in [-0.2, -0.15) is 5.26 Å². The van der Waals surface area contributed by atoms with Crippen LogP contribution in [-0.2, 0) is 0 Å². The Kier molecular flexibility index (Phi) is 3.84. The average molecular weight is 274 g/mol. The third kappa shape index (κ3) is 2.93. The molecule has 0 aliphatic carbocycles. The predicted molar refractivity (Wildman–Crippen MR) is 73.0 cm³/mol. The van der Waals surface area contributed by atoms with E-state index >= 15 is 0 Å². The van der Waals surface area contributed by atoms with E-state index in [1.807, 2.05) is 6.07 Å². The van der Waals surface area contributed by atoms with Crippen molar-refractivity contribution in [2.24, 2.45) is 0 Å². The van der Waals surface area contributed by atoms with Crippen LogP contribution in [0.3, 0.4) is 0 Å². The van der Waals surface area contributed by atoms with Crippen LogP contribution in [0.25, 0.3) is 11.6 Å². The van der Waals surface area contributed by atoms with Crippen LogP contribution >= 0.6 is 11.6 Å². The number of rotatable bonds is 2. The van der Waals surface area contributed by atoms with E-state index in [0.29, 0.717) is 5.56 Å². The maximum Gasteiger partial charge on any atom is 0.134 e. The highest BCUT2D eigenvalue weighted by atomic mass is 35.5. The van der Waals surface area contributed by atoms with E-state index in [2.05, 4.69) is 0 Å². The first-order chi connectivity index (χ1) is 9.11. The minimum absolute atomic E-state index is 0.0387. The number of aromatic hydroxyl groups is 1. The van der Waals surface area contributed by atoms with E-state index in [9.17, 15) is 9.50 Å². The molecule has 2 nitrogen and oxygen atoms in total. The molecule has 0 heterocycles. The van der Waals surface area contributed by atoms with Gasteiger partial charge in [-0.3, -0.25) is 0 Å². The van der Waals surface area contributed by atoms with E-state index in [1.54, 1.807) is 18.2 Å². The van der Waals surface area contributed by atoms with Crippen LogP contribution in [0, 0.1) is 17.1 Å². The number of phenolic OH excluding ortho intramolecular Hbond substituents is 1. The van der Waals surface area contributed by atoms with Crippen LogP contribution in [-0.4, -0.2) is 5.11 Å². The summed E-state index contributed by atoms with van der Waals surface area (Å²) in [5.41, 5.74) is 1.04. The summed E-state index contributed by atoms with van der Waals surface area (Å²) in [5.74, 6) is -0.497. The molecule has 0 aliphatic rings. The Morgan fingerprint density at radius 1 is 1.26 bits per heavy atom. The van der Waals surface area contributed by atoms with Gasteiger partial charge < -0.3 is 5.11 Å². The highest BCUT2D eigenvalue weighted by Crippen LogP contribution is 2.26. The molecule has 94 valence electrons. The zero-order chi connectivity index (χ0) is 13.8. The fourth-order valence-electron chi connectivity index (χ4n) is 1.63. The molecule has 0 atom stereocenters. The Balaban J connectivity index is 2.48. The van der Waals surface area contributed by atoms with Gasteiger partial charge in [-0.05, 0) is 29.8 Å². The van der Waals surface area contributed by atoms with Gasteiger partial charge in [-0.15, -0.1) is 0 Å². The van der Waals surface area contributed by atoms with E-state index in [1.165, 1.54) is 30.3 Å². The zero-order valence-corrected chi connectivity index (χ0v) is 10.5. The van der Waals surface area contributed by atoms with Crippen molar-refractivity contribution in [1.29, 1.82) is 5.26 Å². The van der Waals surface area contributed by atoms with Crippen molar-refractivity contribution in [3.8, 4) is 11.8 Å². The number of phenols is 1. The number of halogens is 2. The lowest BCUT2D eigenvalue weighted by molar-refractivity contribution is 0.475. The Morgan fingerprint density at radius 3 is 2.63 bits per heavy atom. The molecule has 0 saturated carbocycles. The van der Waals surface area contributed by atoms with Crippen molar-refractivity contribution in [2.75, 3.05) is 0 Å². The first kappa shape index (κ1) is 13.1. The van der Waals surface area contributed by atoms with E-state index < -0.39 is 5.82 Å². The van der Waals surface area contributed by atoms with Crippen LogP contribution in [0.2, 0.25) is 5.02 Å². The van der Waals surface area contributed by atoms with Crippen molar-refractivity contribution in [2.45, 2.75) is 0 Å². The molecule has 0 aliphatic heterocycles. The fourth-order valence-corrected chi connectivity index (χ4v) is 1.82. The van der Waals surface area contributed by atoms with Crippen molar-refractivity contribution < 1.29 is 9.50 Å². The lowest BCUT2D eigenvalue weighted by Crippen LogP contribution is -1.87. The molecule has 0 bridgehead atoms. The van der Waals surface area contributed by atoms with Crippen LogP contribution < -0.4 is 0 Å². The minimum atomic E-state index is -0.458. The molecule has 0 aromatic heterocycles. The molecular weight excluding hydrogens is 265 g/mol. The summed E-state index contributed by atoms with van der Waals surface area (Å²) in [5, 5.41) is 18.6. The van der Waals surface area contributed by atoms with Crippen LogP contribution in [0.5, 0.6) is 5.75 Å². The highest BCUT2D eigenvalue weighted by molar-refractivity contribution is 6.32. The molecule has 2 aromatic carbocycles. The molecule has 0 amide bonds. The topological polar surface area (TPSA) is 44.0 Å². The third-order valence-electron chi connectivity index (χ3n) is 2.57. The molecule has 19 heavy (non-hydrogen) atoms. The highest BCUT2D eigenvalue weighted by Gasteiger charge is 2.07. The smallest absolute Gasteiger partial charge is 0.134 e. The van der Waals surface area contributed by atoms with Crippen molar-refractivity contribution in [1.82, 2.24) is 0 Å². The maximum absolute atomic E-state index is 13.6. The normalized spacial score (nSPS) is 11.1. The Bertz CT molecular complexity index is 689. The largest absolute Gasteiger partial charge is 0.506 e. The van der Waals surface area contributed by atoms with Crippen LogP contribution in [0.4, 0.5) is 4.39 Å². The summed E-state index contributed by atoms with van der Waals surface area (Å²) in [6, 6.07) is 12.5. The Hall–Kier alpha value is -2.31. The lowest BCUT2D eigenvalue weighted by Gasteiger charge is -2.02. The number of hydrogen-bond acceptors (Lipinski definition) is 2. The van der Waals surface area contributed by atoms with Gasteiger partial charge >= 0.3 is 0 Å². The summed E-state index contributed by atoms with van der Waals surface area (Å²) in [6.07, 6.45) is 1.52. The number of nitriles is 1. The van der Waals surface area contributed by atoms with Gasteiger partial charge in [-0.1, -0.05) is 35.9 Å². The van der Waals surface area contributed by atoms with Gasteiger partial charge in [0.05, 0.1) is 16.7 Å². The van der Waals surface area contributed by atoms with Crippen LogP contribution in [0.15, 0.2) is 42.5 Å². The first-order valence-electron chi connectivity index (χ1n) is 5.47. The molecular formula is C15H9ClFNO. The predicted octanol–water partition coefficient (Wildman–Crippen LogP) is 4.25. The van der Waals surface area contributed by atoms with Gasteiger partial charge in [0.1, 0.15) is 11.6 Å². The molecule has 0 fully saturated rings. The van der Waals surface area contributed by atoms with E-state index in [4.69, 9.17) is 16.9 Å². The van der Waals surface area contributed by atoms with Gasteiger partial charge in [0.2, 0.25) is 0 Å². The monoisotopic (exact) mass is 273 g/mol. The number of benzene rings is 2. The summed E-state index contributed by atoms with van der Waals surface area (Å²) < 4.78 is 13.6. The molecule has 2 aromatic rings. The molecule has 0 spiro atoms. The number of hydrogen-bond donors (Lipinski definition) is 1. The number of nitrogens with zero attached hydrogens (tertiary/aromatic N) is 1. The van der Waals surface area contributed by atoms with Gasteiger partial charge in [0, 0.05) is 5.56 Å². The number of allylic oxidation sites excluding steroid dienone is 1. The summed E-state index contributed by atoms with van der Waals surface area (Å²) >= 11 is 5.78. The molecule has 1 N–H and O–H groups in total. The van der Waals surface area contributed by atoms with E-state index in [0.717, 1.165) is 0 Å². The molecule has 4 heteroatoms. The van der Waals surface area contributed by atoms with Crippen molar-refractivity contribution in [3.05, 3.63) is 64.4 Å². The zero-order valence-electron chi connectivity index (χ0n) is 9.77. The second-order valence-corrected chi connectivity index (χ2v) is 4.27. The van der Waals surface area contributed by atoms with Gasteiger partial charge in [-0.25, -0.2) is 4.39 Å². The molecule has 0 unspecified atom stereocenters. The summed E-state index contributed by atoms with van der Waals surface area (Å²) in [4.78, 5) is 0. The quantitative estimate of drug-likeness (QED) is 0.657. The Morgan fingerprint density at radius 2 is 2.00 bits per heavy atom. The second-order valence-electron chi connectivity index (χ2n) is 3.86. The Labute approximate surface area is 115 Å². The third-order valence-corrected chi connectivity index (χ3v) is 2.87. The maximum atomic E-state index is 13.6. The van der Waals surface area contributed by atoms with Gasteiger partial charge in [0.25, 0.3) is 0 Å². The van der Waals surface area contributed by atoms with Crippen molar-refractivity contribution in [3.63, 3.8) is 0 Å². The standard InChI is InChI=1S/C15H9ClFNO/c16-13-8-10(5-6-15(13)19)7-11(9-18)12-3-1-2-4-14(12)17/h1-8,19H/b11-7-. The fraction of sp³-hybridized carbons (Fsp3) is 0. The average Bonchev–Trinajstić information content (AvgIpc) is 2.41. The summed E-state index contributed by atoms with van der Waals surface area (Å²) in [6.45, 7) is 0. The first-order valence-corrected chi connectivity index (χ1v) is 5.85. The SMILES string of the molecule is N#C/C(=C/c1ccc(O)c(Cl)c1)c1ccccc1F. The summed E-state index contributed by atoms with van der Waals surface area (Å²) in [7, 11) is 0. The van der Waals surface area contributed by atoms with Crippen LogP contribution in [0.1, 0.15) is 11.1 Å². The lowest BCUT2D eigenvalue weighted by atomic mass is 10.0. The van der Waals surface area contributed by atoms with Crippen molar-refractivity contribution >= 4 is 23.3 Å². The molecule has 0 radical (unpaired) electrons.